The van der Waals surface area contributed by atoms with E-state index in [1.165, 1.54) is 11.3 Å². The highest BCUT2D eigenvalue weighted by Crippen LogP contribution is 2.02. The minimum atomic E-state index is -1.15. The van der Waals surface area contributed by atoms with Crippen LogP contribution in [0.3, 0.4) is 0 Å². The number of amides is 2. The molecule has 16 heavy (non-hydrogen) atoms. The summed E-state index contributed by atoms with van der Waals surface area (Å²) >= 11 is 1.42. The second-order valence-corrected chi connectivity index (χ2v) is 3.91. The highest BCUT2D eigenvalue weighted by molar-refractivity contribution is 7.09. The van der Waals surface area contributed by atoms with Crippen LogP contribution in [0.25, 0.3) is 0 Å². The molecule has 0 aliphatic rings. The summed E-state index contributed by atoms with van der Waals surface area (Å²) < 4.78 is 0. The van der Waals surface area contributed by atoms with Gasteiger partial charge in [-0.1, -0.05) is 0 Å². The number of hydrogen-bond donors (Lipinski definition) is 4. The van der Waals surface area contributed by atoms with Gasteiger partial charge in [-0.15, -0.1) is 11.3 Å². The zero-order chi connectivity index (χ0) is 12.0. The van der Waals surface area contributed by atoms with Gasteiger partial charge in [0, 0.05) is 18.1 Å². The van der Waals surface area contributed by atoms with Gasteiger partial charge in [-0.25, -0.2) is 9.78 Å². The fourth-order valence-corrected chi connectivity index (χ4v) is 1.40. The molecule has 0 spiro atoms. The van der Waals surface area contributed by atoms with Gasteiger partial charge in [-0.05, 0) is 0 Å². The number of carboxylic acid groups (broad SMARTS) is 1. The van der Waals surface area contributed by atoms with Crippen LogP contribution in [0.2, 0.25) is 0 Å². The fraction of sp³-hybridized carbons (Fsp3) is 0.375. The minimum Gasteiger partial charge on any atom is -0.480 e. The number of rotatable bonds is 5. The number of aromatic nitrogens is 1. The molecule has 8 heteroatoms. The van der Waals surface area contributed by atoms with E-state index in [2.05, 4.69) is 15.6 Å². The monoisotopic (exact) mass is 244 g/mol. The number of nitrogens with two attached hydrogens (primary N) is 1. The predicted molar refractivity (Wildman–Crippen MR) is 58.0 cm³/mol. The molecular formula is C8H12N4O3S. The van der Waals surface area contributed by atoms with Crippen molar-refractivity contribution in [1.29, 1.82) is 0 Å². The van der Waals surface area contributed by atoms with Crippen LogP contribution in [0.4, 0.5) is 4.79 Å². The predicted octanol–water partition coefficient (Wildman–Crippen LogP) is -0.646. The Kier molecular flexibility index (Phi) is 4.67. The molecular weight excluding hydrogens is 232 g/mol. The smallest absolute Gasteiger partial charge is 0.322 e. The van der Waals surface area contributed by atoms with Crippen LogP contribution in [0.5, 0.6) is 0 Å². The molecule has 1 aromatic heterocycles. The Hall–Kier alpha value is -1.67. The van der Waals surface area contributed by atoms with Gasteiger partial charge in [0.05, 0.1) is 6.54 Å². The molecule has 0 saturated heterocycles. The zero-order valence-electron chi connectivity index (χ0n) is 8.34. The molecule has 0 saturated carbocycles. The van der Waals surface area contributed by atoms with Crippen molar-refractivity contribution in [1.82, 2.24) is 15.6 Å². The second kappa shape index (κ2) is 6.03. The summed E-state index contributed by atoms with van der Waals surface area (Å²) in [6.07, 6.45) is 1.64. The molecule has 5 N–H and O–H groups in total. The van der Waals surface area contributed by atoms with Crippen molar-refractivity contribution in [2.45, 2.75) is 12.6 Å². The second-order valence-electron chi connectivity index (χ2n) is 2.93. The molecule has 0 aromatic carbocycles. The summed E-state index contributed by atoms with van der Waals surface area (Å²) in [4.78, 5) is 25.5. The van der Waals surface area contributed by atoms with Gasteiger partial charge in [-0.3, -0.25) is 4.79 Å². The standard InChI is InChI=1S/C8H12N4O3S/c9-5(7(13)14)3-11-8(15)12-4-6-10-1-2-16-6/h1-2,5H,3-4,9H2,(H,13,14)(H2,11,12,15)/t5-/m0/s1. The average Bonchev–Trinajstić information content (AvgIpc) is 2.75. The summed E-state index contributed by atoms with van der Waals surface area (Å²) in [5.74, 6) is -1.15. The Morgan fingerprint density at radius 1 is 1.56 bits per heavy atom. The van der Waals surface area contributed by atoms with Gasteiger partial charge in [0.15, 0.2) is 0 Å². The van der Waals surface area contributed by atoms with Crippen LogP contribution in [-0.4, -0.2) is 34.7 Å². The Morgan fingerprint density at radius 3 is 2.88 bits per heavy atom. The number of thiazole rings is 1. The third-order valence-corrected chi connectivity index (χ3v) is 2.46. The van der Waals surface area contributed by atoms with E-state index in [9.17, 15) is 9.59 Å². The summed E-state index contributed by atoms with van der Waals surface area (Å²) in [7, 11) is 0. The molecule has 7 nitrogen and oxygen atoms in total. The lowest BCUT2D eigenvalue weighted by atomic mass is 10.3. The minimum absolute atomic E-state index is 0.112. The van der Waals surface area contributed by atoms with E-state index in [0.29, 0.717) is 6.54 Å². The molecule has 2 amide bonds. The van der Waals surface area contributed by atoms with Crippen molar-refractivity contribution in [3.63, 3.8) is 0 Å². The molecule has 1 atom stereocenters. The maximum absolute atomic E-state index is 11.2. The topological polar surface area (TPSA) is 117 Å². The maximum Gasteiger partial charge on any atom is 0.322 e. The third-order valence-electron chi connectivity index (χ3n) is 1.68. The molecule has 0 radical (unpaired) electrons. The van der Waals surface area contributed by atoms with E-state index in [1.807, 2.05) is 0 Å². The fourth-order valence-electron chi connectivity index (χ4n) is 0.849. The Balaban J connectivity index is 2.19. The van der Waals surface area contributed by atoms with E-state index < -0.39 is 18.0 Å². The molecule has 1 aromatic rings. The summed E-state index contributed by atoms with van der Waals surface area (Å²) in [6, 6.07) is -1.56. The van der Waals surface area contributed by atoms with Gasteiger partial charge < -0.3 is 21.5 Å². The first-order valence-electron chi connectivity index (χ1n) is 4.48. The maximum atomic E-state index is 11.2. The van der Waals surface area contributed by atoms with E-state index >= 15 is 0 Å². The first kappa shape index (κ1) is 12.4. The van der Waals surface area contributed by atoms with E-state index in [0.717, 1.165) is 5.01 Å². The lowest BCUT2D eigenvalue weighted by molar-refractivity contribution is -0.138. The molecule has 0 unspecified atom stereocenters. The average molecular weight is 244 g/mol. The SMILES string of the molecule is N[C@@H](CNC(=O)NCc1nccs1)C(=O)O. The van der Waals surface area contributed by atoms with Crippen LogP contribution in [-0.2, 0) is 11.3 Å². The summed E-state index contributed by atoms with van der Waals surface area (Å²) in [5.41, 5.74) is 5.20. The van der Waals surface area contributed by atoms with Gasteiger partial charge in [0.25, 0.3) is 0 Å². The number of aliphatic carboxylic acids is 1. The molecule has 0 bridgehead atoms. The number of carbonyl (C=O) groups is 2. The highest BCUT2D eigenvalue weighted by atomic mass is 32.1. The molecule has 0 aliphatic heterocycles. The van der Waals surface area contributed by atoms with Crippen LogP contribution in [0.1, 0.15) is 5.01 Å². The van der Waals surface area contributed by atoms with Gasteiger partial charge in [0.1, 0.15) is 11.0 Å². The molecule has 1 rings (SSSR count). The summed E-state index contributed by atoms with van der Waals surface area (Å²) in [5, 5.41) is 15.9. The van der Waals surface area contributed by atoms with Gasteiger partial charge in [0.2, 0.25) is 0 Å². The number of hydrogen-bond acceptors (Lipinski definition) is 5. The lowest BCUT2D eigenvalue weighted by Crippen LogP contribution is -2.45. The van der Waals surface area contributed by atoms with Crippen molar-refractivity contribution >= 4 is 23.3 Å². The van der Waals surface area contributed by atoms with Crippen LogP contribution >= 0.6 is 11.3 Å². The van der Waals surface area contributed by atoms with Crippen molar-refractivity contribution in [3.8, 4) is 0 Å². The van der Waals surface area contributed by atoms with Crippen molar-refractivity contribution in [2.24, 2.45) is 5.73 Å². The van der Waals surface area contributed by atoms with E-state index in [-0.39, 0.29) is 6.54 Å². The quantitative estimate of drug-likeness (QED) is 0.549. The van der Waals surface area contributed by atoms with Gasteiger partial charge in [-0.2, -0.15) is 0 Å². The third kappa shape index (κ3) is 4.24. The van der Waals surface area contributed by atoms with Crippen LogP contribution in [0, 0.1) is 0 Å². The van der Waals surface area contributed by atoms with Crippen LogP contribution < -0.4 is 16.4 Å². The first-order valence-corrected chi connectivity index (χ1v) is 5.36. The molecule has 88 valence electrons. The Labute approximate surface area is 95.7 Å². The van der Waals surface area contributed by atoms with Crippen molar-refractivity contribution in [2.75, 3.05) is 6.54 Å². The lowest BCUT2D eigenvalue weighted by Gasteiger charge is -2.08. The molecule has 0 aliphatic carbocycles. The number of urea groups is 1. The largest absolute Gasteiger partial charge is 0.480 e. The number of nitrogens with one attached hydrogen (secondary N) is 2. The molecule has 1 heterocycles. The first-order chi connectivity index (χ1) is 7.59. The number of carbonyl (C=O) groups excluding carboxylic acids is 1. The number of nitrogens with zero attached hydrogens (tertiary/aromatic N) is 1. The Bertz CT molecular complexity index is 354. The Morgan fingerprint density at radius 2 is 2.31 bits per heavy atom. The highest BCUT2D eigenvalue weighted by Gasteiger charge is 2.12. The van der Waals surface area contributed by atoms with E-state index in [4.69, 9.17) is 10.8 Å². The van der Waals surface area contributed by atoms with Crippen molar-refractivity contribution in [3.05, 3.63) is 16.6 Å². The van der Waals surface area contributed by atoms with Gasteiger partial charge >= 0.3 is 12.0 Å². The summed E-state index contributed by atoms with van der Waals surface area (Å²) in [6.45, 7) is 0.199. The number of carboxylic acids is 1. The zero-order valence-corrected chi connectivity index (χ0v) is 9.16. The van der Waals surface area contributed by atoms with Crippen molar-refractivity contribution < 1.29 is 14.7 Å². The molecule has 0 fully saturated rings. The van der Waals surface area contributed by atoms with E-state index in [1.54, 1.807) is 11.6 Å². The van der Waals surface area contributed by atoms with Crippen LogP contribution in [0.15, 0.2) is 11.6 Å². The normalized spacial score (nSPS) is 11.8.